The zero-order valence-corrected chi connectivity index (χ0v) is 11.9. The van der Waals surface area contributed by atoms with Crippen molar-refractivity contribution >= 4 is 5.91 Å². The monoisotopic (exact) mass is 260 g/mol. The van der Waals surface area contributed by atoms with Gasteiger partial charge in [-0.2, -0.15) is 5.26 Å². The molecule has 4 fully saturated rings. The lowest BCUT2D eigenvalue weighted by Crippen LogP contribution is -2.46. The number of nitriles is 1. The van der Waals surface area contributed by atoms with Crippen molar-refractivity contribution in [3.8, 4) is 6.07 Å². The van der Waals surface area contributed by atoms with Gasteiger partial charge in [0.15, 0.2) is 0 Å². The summed E-state index contributed by atoms with van der Waals surface area (Å²) in [6, 6.07) is 2.05. The Bertz CT molecular complexity index is 374. The predicted molar refractivity (Wildman–Crippen MR) is 73.1 cm³/mol. The molecule has 4 aliphatic rings. The smallest absolute Gasteiger partial charge is 0.223 e. The summed E-state index contributed by atoms with van der Waals surface area (Å²) in [5, 5.41) is 8.64. The zero-order valence-electron chi connectivity index (χ0n) is 11.9. The van der Waals surface area contributed by atoms with Gasteiger partial charge in [-0.15, -0.1) is 0 Å². The van der Waals surface area contributed by atoms with Gasteiger partial charge in [0.05, 0.1) is 6.07 Å². The van der Waals surface area contributed by atoms with Crippen LogP contribution in [-0.2, 0) is 4.79 Å². The molecule has 19 heavy (non-hydrogen) atoms. The van der Waals surface area contributed by atoms with Crippen LogP contribution >= 0.6 is 0 Å². The van der Waals surface area contributed by atoms with Crippen molar-refractivity contribution in [1.29, 1.82) is 5.26 Å². The summed E-state index contributed by atoms with van der Waals surface area (Å²) in [5.41, 5.74) is 0.484. The van der Waals surface area contributed by atoms with Crippen LogP contribution in [0.2, 0.25) is 0 Å². The Morgan fingerprint density at radius 2 is 1.74 bits per heavy atom. The molecule has 0 aliphatic heterocycles. The molecule has 0 aromatic rings. The third-order valence-electron chi connectivity index (χ3n) is 5.77. The molecule has 0 aromatic heterocycles. The fraction of sp³-hybridized carbons (Fsp3) is 0.875. The van der Waals surface area contributed by atoms with E-state index in [4.69, 9.17) is 5.26 Å². The molecule has 0 N–H and O–H groups in total. The Labute approximate surface area is 116 Å². The minimum absolute atomic E-state index is 0.150. The van der Waals surface area contributed by atoms with Crippen molar-refractivity contribution < 1.29 is 4.79 Å². The van der Waals surface area contributed by atoms with Crippen molar-refractivity contribution in [3.63, 3.8) is 0 Å². The molecule has 0 saturated heterocycles. The highest BCUT2D eigenvalue weighted by Gasteiger charge is 2.50. The van der Waals surface area contributed by atoms with Gasteiger partial charge in [0.25, 0.3) is 0 Å². The maximum absolute atomic E-state index is 12.0. The number of carbonyl (C=O) groups excluding carboxylic acids is 1. The highest BCUT2D eigenvalue weighted by molar-refractivity contribution is 5.76. The molecule has 0 aromatic carbocycles. The largest absolute Gasteiger partial charge is 0.332 e. The molecule has 4 saturated carbocycles. The predicted octanol–water partition coefficient (Wildman–Crippen LogP) is 2.96. The summed E-state index contributed by atoms with van der Waals surface area (Å²) in [7, 11) is 1.74. The van der Waals surface area contributed by atoms with Gasteiger partial charge in [0.2, 0.25) is 5.91 Å². The molecule has 4 rings (SSSR count). The number of carbonyl (C=O) groups is 1. The Balaban J connectivity index is 1.58. The Morgan fingerprint density at radius 1 is 1.21 bits per heavy atom. The SMILES string of the molecule is CN(CC#N)C(=O)CCC12CC3CC(CC(C3)C1)C2. The first kappa shape index (κ1) is 13.0. The van der Waals surface area contributed by atoms with Crippen molar-refractivity contribution in [3.05, 3.63) is 0 Å². The van der Waals surface area contributed by atoms with Gasteiger partial charge in [-0.3, -0.25) is 4.79 Å². The third kappa shape index (κ3) is 2.50. The molecule has 0 heterocycles. The second-order valence-electron chi connectivity index (χ2n) is 7.33. The number of nitrogens with zero attached hydrogens (tertiary/aromatic N) is 2. The molecule has 0 spiro atoms. The van der Waals surface area contributed by atoms with Gasteiger partial charge < -0.3 is 4.90 Å². The molecule has 4 bridgehead atoms. The lowest BCUT2D eigenvalue weighted by Gasteiger charge is -2.57. The van der Waals surface area contributed by atoms with Gasteiger partial charge in [-0.1, -0.05) is 0 Å². The Morgan fingerprint density at radius 3 is 2.21 bits per heavy atom. The number of hydrogen-bond acceptors (Lipinski definition) is 2. The van der Waals surface area contributed by atoms with E-state index in [-0.39, 0.29) is 12.5 Å². The summed E-state index contributed by atoms with van der Waals surface area (Å²) >= 11 is 0. The van der Waals surface area contributed by atoms with Crippen molar-refractivity contribution in [2.45, 2.75) is 51.4 Å². The first-order valence-electron chi connectivity index (χ1n) is 7.71. The van der Waals surface area contributed by atoms with Crippen LogP contribution < -0.4 is 0 Å². The first-order chi connectivity index (χ1) is 9.10. The van der Waals surface area contributed by atoms with E-state index >= 15 is 0 Å². The van der Waals surface area contributed by atoms with E-state index in [0.717, 1.165) is 24.2 Å². The van der Waals surface area contributed by atoms with Gasteiger partial charge in [-0.25, -0.2) is 0 Å². The van der Waals surface area contributed by atoms with E-state index in [2.05, 4.69) is 0 Å². The minimum atomic E-state index is 0.150. The lowest BCUT2D eigenvalue weighted by molar-refractivity contribution is -0.131. The Kier molecular flexibility index (Phi) is 3.28. The van der Waals surface area contributed by atoms with Crippen molar-refractivity contribution in [2.75, 3.05) is 13.6 Å². The fourth-order valence-electron chi connectivity index (χ4n) is 5.35. The summed E-state index contributed by atoms with van der Waals surface area (Å²) in [5.74, 6) is 3.02. The standard InChI is InChI=1S/C16H24N2O/c1-18(5-4-17)15(19)2-3-16-9-12-6-13(10-16)8-14(7-12)11-16/h12-14H,2-3,5-11H2,1H3. The molecule has 104 valence electrons. The maximum Gasteiger partial charge on any atom is 0.223 e. The molecule has 3 nitrogen and oxygen atoms in total. The second-order valence-corrected chi connectivity index (χ2v) is 7.33. The van der Waals surface area contributed by atoms with Crippen molar-refractivity contribution in [1.82, 2.24) is 4.90 Å². The average molecular weight is 260 g/mol. The summed E-state index contributed by atoms with van der Waals surface area (Å²) in [4.78, 5) is 13.6. The molecular formula is C16H24N2O. The molecule has 4 aliphatic carbocycles. The van der Waals surface area contributed by atoms with E-state index in [1.807, 2.05) is 6.07 Å². The van der Waals surface area contributed by atoms with Gasteiger partial charge in [-0.05, 0) is 68.1 Å². The molecular weight excluding hydrogens is 236 g/mol. The zero-order chi connectivity index (χ0) is 13.5. The normalized spacial score (nSPS) is 39.1. The first-order valence-corrected chi connectivity index (χ1v) is 7.71. The Hall–Kier alpha value is -1.04. The minimum Gasteiger partial charge on any atom is -0.332 e. The van der Waals surface area contributed by atoms with E-state index in [1.165, 1.54) is 38.5 Å². The van der Waals surface area contributed by atoms with E-state index < -0.39 is 0 Å². The summed E-state index contributed by atoms with van der Waals surface area (Å²) < 4.78 is 0. The molecule has 0 atom stereocenters. The highest BCUT2D eigenvalue weighted by Crippen LogP contribution is 2.61. The van der Waals surface area contributed by atoms with E-state index in [1.54, 1.807) is 11.9 Å². The highest BCUT2D eigenvalue weighted by atomic mass is 16.2. The van der Waals surface area contributed by atoms with Crippen LogP contribution in [0.1, 0.15) is 51.4 Å². The van der Waals surface area contributed by atoms with Crippen molar-refractivity contribution in [2.24, 2.45) is 23.2 Å². The molecule has 1 amide bonds. The second kappa shape index (κ2) is 4.81. The van der Waals surface area contributed by atoms with Gasteiger partial charge in [0, 0.05) is 13.5 Å². The molecule has 0 unspecified atom stereocenters. The lowest BCUT2D eigenvalue weighted by atomic mass is 9.48. The third-order valence-corrected chi connectivity index (χ3v) is 5.77. The fourth-order valence-corrected chi connectivity index (χ4v) is 5.35. The topological polar surface area (TPSA) is 44.1 Å². The van der Waals surface area contributed by atoms with Gasteiger partial charge in [0.1, 0.15) is 6.54 Å². The van der Waals surface area contributed by atoms with Crippen LogP contribution in [-0.4, -0.2) is 24.4 Å². The van der Waals surface area contributed by atoms with Crippen LogP contribution in [0.5, 0.6) is 0 Å². The van der Waals surface area contributed by atoms with Gasteiger partial charge >= 0.3 is 0 Å². The summed E-state index contributed by atoms with van der Waals surface area (Å²) in [6.07, 6.45) is 10.2. The number of hydrogen-bond donors (Lipinski definition) is 0. The maximum atomic E-state index is 12.0. The number of rotatable bonds is 4. The molecule has 3 heteroatoms. The van der Waals surface area contributed by atoms with Crippen LogP contribution in [0, 0.1) is 34.5 Å². The summed E-state index contributed by atoms with van der Waals surface area (Å²) in [6.45, 7) is 0.222. The number of amides is 1. The quantitative estimate of drug-likeness (QED) is 0.729. The van der Waals surface area contributed by atoms with E-state index in [0.29, 0.717) is 11.8 Å². The average Bonchev–Trinajstić information content (AvgIpc) is 2.34. The van der Waals surface area contributed by atoms with Crippen LogP contribution in [0.25, 0.3) is 0 Å². The van der Waals surface area contributed by atoms with Crippen LogP contribution in [0.4, 0.5) is 0 Å². The van der Waals surface area contributed by atoms with Crippen LogP contribution in [0.15, 0.2) is 0 Å². The molecule has 0 radical (unpaired) electrons. The van der Waals surface area contributed by atoms with E-state index in [9.17, 15) is 4.79 Å². The van der Waals surface area contributed by atoms with Crippen LogP contribution in [0.3, 0.4) is 0 Å².